The minimum atomic E-state index is -0.113. The van der Waals surface area contributed by atoms with Crippen LogP contribution in [-0.4, -0.2) is 47.6 Å². The fourth-order valence-corrected chi connectivity index (χ4v) is 2.28. The van der Waals surface area contributed by atoms with Crippen molar-refractivity contribution in [3.8, 4) is 0 Å². The largest absolute Gasteiger partial charge is 0.396 e. The lowest BCUT2D eigenvalue weighted by Crippen LogP contribution is -2.48. The topological polar surface area (TPSA) is 69.6 Å². The van der Waals surface area contributed by atoms with Crippen molar-refractivity contribution in [3.05, 3.63) is 0 Å². The van der Waals surface area contributed by atoms with Gasteiger partial charge in [-0.25, -0.2) is 0 Å². The maximum atomic E-state index is 12.2. The summed E-state index contributed by atoms with van der Waals surface area (Å²) in [5, 5.41) is 12.0. The third-order valence-electron chi connectivity index (χ3n) is 3.96. The second-order valence-electron chi connectivity index (χ2n) is 5.49. The van der Waals surface area contributed by atoms with Crippen molar-refractivity contribution in [2.75, 3.05) is 19.7 Å². The quantitative estimate of drug-likeness (QED) is 0.775. The third-order valence-corrected chi connectivity index (χ3v) is 3.96. The second-order valence-corrected chi connectivity index (χ2v) is 5.49. The van der Waals surface area contributed by atoms with Crippen LogP contribution in [0.5, 0.6) is 0 Å². The first-order valence-electron chi connectivity index (χ1n) is 7.18. The molecule has 1 fully saturated rings. The van der Waals surface area contributed by atoms with Gasteiger partial charge in [0.15, 0.2) is 0 Å². The molecule has 5 heteroatoms. The Kier molecular flexibility index (Phi) is 6.28. The first-order valence-corrected chi connectivity index (χ1v) is 7.18. The molecule has 0 aromatic rings. The van der Waals surface area contributed by atoms with Gasteiger partial charge in [0.2, 0.25) is 11.8 Å². The number of carbonyl (C=O) groups excluding carboxylic acids is 2. The van der Waals surface area contributed by atoms with Crippen LogP contribution in [0, 0.1) is 11.8 Å². The van der Waals surface area contributed by atoms with Crippen molar-refractivity contribution in [2.24, 2.45) is 11.8 Å². The molecule has 0 aromatic heterocycles. The van der Waals surface area contributed by atoms with Crippen LogP contribution in [0.2, 0.25) is 0 Å². The number of nitrogens with one attached hydrogen (secondary N) is 1. The Labute approximate surface area is 115 Å². The molecule has 2 amide bonds. The van der Waals surface area contributed by atoms with Crippen molar-refractivity contribution in [1.29, 1.82) is 0 Å². The Balaban J connectivity index is 2.50. The molecule has 3 atom stereocenters. The van der Waals surface area contributed by atoms with E-state index < -0.39 is 0 Å². The standard InChI is InChI=1S/C14H26N2O3/c1-4-13(18)16-7-5-6-12(8-16)14(19)15-11(3)10(2)9-17/h10-12,17H,4-9H2,1-3H3,(H,15,19). The number of amides is 2. The molecule has 19 heavy (non-hydrogen) atoms. The van der Waals surface area contributed by atoms with E-state index in [4.69, 9.17) is 5.11 Å². The zero-order valence-corrected chi connectivity index (χ0v) is 12.2. The molecule has 0 bridgehead atoms. The normalized spacial score (nSPS) is 22.7. The number of likely N-dealkylation sites (tertiary alicyclic amines) is 1. The molecule has 2 N–H and O–H groups in total. The molecule has 1 heterocycles. The van der Waals surface area contributed by atoms with Crippen LogP contribution in [0.3, 0.4) is 0 Å². The van der Waals surface area contributed by atoms with Gasteiger partial charge in [0.1, 0.15) is 0 Å². The molecule has 1 rings (SSSR count). The Morgan fingerprint density at radius 1 is 1.42 bits per heavy atom. The predicted molar refractivity (Wildman–Crippen MR) is 73.4 cm³/mol. The summed E-state index contributed by atoms with van der Waals surface area (Å²) in [6.45, 7) is 7.00. The number of aliphatic hydroxyl groups excluding tert-OH is 1. The van der Waals surface area contributed by atoms with E-state index in [0.717, 1.165) is 19.4 Å². The van der Waals surface area contributed by atoms with E-state index in [0.29, 0.717) is 13.0 Å². The van der Waals surface area contributed by atoms with Crippen LogP contribution >= 0.6 is 0 Å². The van der Waals surface area contributed by atoms with Gasteiger partial charge in [-0.05, 0) is 25.7 Å². The molecule has 1 saturated heterocycles. The summed E-state index contributed by atoms with van der Waals surface area (Å²) in [4.78, 5) is 25.6. The highest BCUT2D eigenvalue weighted by molar-refractivity contribution is 5.81. The maximum absolute atomic E-state index is 12.2. The van der Waals surface area contributed by atoms with Crippen molar-refractivity contribution in [1.82, 2.24) is 10.2 Å². The summed E-state index contributed by atoms with van der Waals surface area (Å²) in [5.41, 5.74) is 0. The highest BCUT2D eigenvalue weighted by Crippen LogP contribution is 2.18. The SMILES string of the molecule is CCC(=O)N1CCCC(C(=O)NC(C)C(C)CO)C1. The van der Waals surface area contributed by atoms with Crippen LogP contribution in [0.4, 0.5) is 0 Å². The van der Waals surface area contributed by atoms with E-state index in [-0.39, 0.29) is 36.3 Å². The van der Waals surface area contributed by atoms with Crippen LogP contribution in [0.15, 0.2) is 0 Å². The zero-order chi connectivity index (χ0) is 14.4. The Bertz CT molecular complexity index is 320. The van der Waals surface area contributed by atoms with Crippen molar-refractivity contribution < 1.29 is 14.7 Å². The molecule has 110 valence electrons. The highest BCUT2D eigenvalue weighted by Gasteiger charge is 2.28. The van der Waals surface area contributed by atoms with E-state index in [9.17, 15) is 9.59 Å². The Morgan fingerprint density at radius 2 is 2.11 bits per heavy atom. The lowest BCUT2D eigenvalue weighted by Gasteiger charge is -2.33. The van der Waals surface area contributed by atoms with Gasteiger partial charge in [-0.1, -0.05) is 13.8 Å². The molecule has 0 aliphatic carbocycles. The smallest absolute Gasteiger partial charge is 0.225 e. The molecule has 0 aromatic carbocycles. The molecule has 0 spiro atoms. The second kappa shape index (κ2) is 7.48. The molecule has 0 radical (unpaired) electrons. The third kappa shape index (κ3) is 4.49. The minimum Gasteiger partial charge on any atom is -0.396 e. The molecule has 3 unspecified atom stereocenters. The van der Waals surface area contributed by atoms with Crippen LogP contribution in [0.25, 0.3) is 0 Å². The van der Waals surface area contributed by atoms with Gasteiger partial charge in [0.25, 0.3) is 0 Å². The monoisotopic (exact) mass is 270 g/mol. The molecular weight excluding hydrogens is 244 g/mol. The average molecular weight is 270 g/mol. The van der Waals surface area contributed by atoms with E-state index in [1.807, 2.05) is 20.8 Å². The van der Waals surface area contributed by atoms with Crippen molar-refractivity contribution in [3.63, 3.8) is 0 Å². The maximum Gasteiger partial charge on any atom is 0.225 e. The van der Waals surface area contributed by atoms with Crippen LogP contribution < -0.4 is 5.32 Å². The Hall–Kier alpha value is -1.10. The van der Waals surface area contributed by atoms with Crippen LogP contribution in [-0.2, 0) is 9.59 Å². The lowest BCUT2D eigenvalue weighted by molar-refractivity contribution is -0.135. The van der Waals surface area contributed by atoms with E-state index in [2.05, 4.69) is 5.32 Å². The Morgan fingerprint density at radius 3 is 2.68 bits per heavy atom. The number of rotatable bonds is 5. The van der Waals surface area contributed by atoms with Gasteiger partial charge in [0, 0.05) is 32.2 Å². The van der Waals surface area contributed by atoms with Gasteiger partial charge in [-0.2, -0.15) is 0 Å². The summed E-state index contributed by atoms with van der Waals surface area (Å²) < 4.78 is 0. The highest BCUT2D eigenvalue weighted by atomic mass is 16.3. The molecule has 5 nitrogen and oxygen atoms in total. The number of carbonyl (C=O) groups is 2. The van der Waals surface area contributed by atoms with Gasteiger partial charge < -0.3 is 15.3 Å². The van der Waals surface area contributed by atoms with E-state index in [1.165, 1.54) is 0 Å². The predicted octanol–water partition coefficient (Wildman–Crippen LogP) is 0.768. The summed E-state index contributed by atoms with van der Waals surface area (Å²) in [6, 6.07) is -0.0465. The lowest BCUT2D eigenvalue weighted by atomic mass is 9.95. The molecule has 1 aliphatic rings. The van der Waals surface area contributed by atoms with Crippen molar-refractivity contribution in [2.45, 2.75) is 46.1 Å². The molecular formula is C14H26N2O3. The van der Waals surface area contributed by atoms with Gasteiger partial charge in [-0.15, -0.1) is 0 Å². The first-order chi connectivity index (χ1) is 8.99. The molecule has 1 aliphatic heterocycles. The minimum absolute atomic E-state index is 0.00130. The number of hydrogen-bond donors (Lipinski definition) is 2. The van der Waals surface area contributed by atoms with Crippen LogP contribution in [0.1, 0.15) is 40.0 Å². The fourth-order valence-electron chi connectivity index (χ4n) is 2.28. The average Bonchev–Trinajstić information content (AvgIpc) is 2.45. The summed E-state index contributed by atoms with van der Waals surface area (Å²) in [6.07, 6.45) is 2.21. The van der Waals surface area contributed by atoms with Gasteiger partial charge >= 0.3 is 0 Å². The zero-order valence-electron chi connectivity index (χ0n) is 12.2. The summed E-state index contributed by atoms with van der Waals surface area (Å²) in [7, 11) is 0. The molecule has 0 saturated carbocycles. The number of nitrogens with zero attached hydrogens (tertiary/aromatic N) is 1. The number of aliphatic hydroxyl groups is 1. The number of piperidine rings is 1. The van der Waals surface area contributed by atoms with Gasteiger partial charge in [-0.3, -0.25) is 9.59 Å². The number of hydrogen-bond acceptors (Lipinski definition) is 3. The first kappa shape index (κ1) is 16.0. The van der Waals surface area contributed by atoms with Crippen molar-refractivity contribution >= 4 is 11.8 Å². The van der Waals surface area contributed by atoms with E-state index in [1.54, 1.807) is 4.90 Å². The van der Waals surface area contributed by atoms with Gasteiger partial charge in [0.05, 0.1) is 5.92 Å². The summed E-state index contributed by atoms with van der Waals surface area (Å²) >= 11 is 0. The van der Waals surface area contributed by atoms with E-state index >= 15 is 0 Å². The fraction of sp³-hybridized carbons (Fsp3) is 0.857. The summed E-state index contributed by atoms with van der Waals surface area (Å²) in [5.74, 6) is 0.0502.